The van der Waals surface area contributed by atoms with Crippen molar-refractivity contribution < 1.29 is 28.8 Å². The number of aliphatic hydroxyl groups excluding tert-OH is 1. The van der Waals surface area contributed by atoms with Crippen LogP contribution in [0.5, 0.6) is 23.0 Å². The van der Waals surface area contributed by atoms with Gasteiger partial charge in [0.2, 0.25) is 5.91 Å². The molecule has 2 aromatic carbocycles. The third kappa shape index (κ3) is 5.95. The number of hydrogen-bond donors (Lipinski definition) is 2. The Morgan fingerprint density at radius 3 is 2.64 bits per heavy atom. The molecule has 3 aromatic rings. The molecule has 0 spiro atoms. The second kappa shape index (κ2) is 10.7. The molecular formula is C24H27N3O6. The lowest BCUT2D eigenvalue weighted by molar-refractivity contribution is -0.123. The van der Waals surface area contributed by atoms with E-state index >= 15 is 0 Å². The van der Waals surface area contributed by atoms with Crippen LogP contribution in [0.2, 0.25) is 0 Å². The Labute approximate surface area is 191 Å². The summed E-state index contributed by atoms with van der Waals surface area (Å²) >= 11 is 0. The second-order valence-electron chi connectivity index (χ2n) is 7.56. The van der Waals surface area contributed by atoms with E-state index in [-0.39, 0.29) is 18.9 Å². The molecule has 33 heavy (non-hydrogen) atoms. The largest absolute Gasteiger partial charge is 0.497 e. The Hall–Kier alpha value is -3.72. The van der Waals surface area contributed by atoms with Crippen LogP contribution in [0.15, 0.2) is 61.2 Å². The average Bonchev–Trinajstić information content (AvgIpc) is 3.36. The van der Waals surface area contributed by atoms with E-state index in [1.54, 1.807) is 72.9 Å². The molecule has 2 atom stereocenters. The SMILES string of the molecule is COc1ccc(OCCC(=O)N[C@@H](Cn2ccnc2)[C@H](O)c2ccc3c(c2)OCCO3)cc1. The van der Waals surface area contributed by atoms with Crippen LogP contribution < -0.4 is 24.3 Å². The summed E-state index contributed by atoms with van der Waals surface area (Å²) in [5, 5.41) is 14.0. The summed E-state index contributed by atoms with van der Waals surface area (Å²) in [5.41, 5.74) is 0.624. The van der Waals surface area contributed by atoms with Gasteiger partial charge in [-0.15, -0.1) is 0 Å². The number of nitrogens with zero attached hydrogens (tertiary/aromatic N) is 2. The zero-order valence-electron chi connectivity index (χ0n) is 18.3. The Balaban J connectivity index is 1.38. The van der Waals surface area contributed by atoms with Crippen molar-refractivity contribution in [2.45, 2.75) is 25.1 Å². The Morgan fingerprint density at radius 2 is 1.91 bits per heavy atom. The molecule has 2 N–H and O–H groups in total. The lowest BCUT2D eigenvalue weighted by Crippen LogP contribution is -2.42. The van der Waals surface area contributed by atoms with Gasteiger partial charge in [0.25, 0.3) is 0 Å². The molecule has 0 fully saturated rings. The molecule has 0 unspecified atom stereocenters. The van der Waals surface area contributed by atoms with E-state index in [0.717, 1.165) is 5.75 Å². The number of methoxy groups -OCH3 is 1. The highest BCUT2D eigenvalue weighted by Crippen LogP contribution is 2.33. The van der Waals surface area contributed by atoms with Gasteiger partial charge in [0.1, 0.15) is 30.8 Å². The van der Waals surface area contributed by atoms with Crippen LogP contribution >= 0.6 is 0 Å². The normalized spacial score (nSPS) is 14.2. The maximum absolute atomic E-state index is 12.6. The lowest BCUT2D eigenvalue weighted by Gasteiger charge is -2.26. The van der Waals surface area contributed by atoms with E-state index in [2.05, 4.69) is 10.3 Å². The number of hydrogen-bond acceptors (Lipinski definition) is 7. The maximum Gasteiger partial charge on any atom is 0.223 e. The molecule has 4 rings (SSSR count). The van der Waals surface area contributed by atoms with Gasteiger partial charge in [-0.2, -0.15) is 0 Å². The first-order chi connectivity index (χ1) is 16.1. The van der Waals surface area contributed by atoms with Crippen molar-refractivity contribution in [3.8, 4) is 23.0 Å². The van der Waals surface area contributed by atoms with Gasteiger partial charge in [-0.3, -0.25) is 4.79 Å². The molecule has 0 saturated heterocycles. The number of nitrogens with one attached hydrogen (secondary N) is 1. The zero-order chi connectivity index (χ0) is 23.0. The predicted octanol–water partition coefficient (Wildman–Crippen LogP) is 2.35. The summed E-state index contributed by atoms with van der Waals surface area (Å²) in [5.74, 6) is 2.37. The molecule has 9 nitrogen and oxygen atoms in total. The topological polar surface area (TPSA) is 104 Å². The summed E-state index contributed by atoms with van der Waals surface area (Å²) in [6, 6.07) is 11.9. The van der Waals surface area contributed by atoms with E-state index in [1.165, 1.54) is 0 Å². The lowest BCUT2D eigenvalue weighted by atomic mass is 10.0. The summed E-state index contributed by atoms with van der Waals surface area (Å²) in [6.45, 7) is 1.50. The third-order valence-electron chi connectivity index (χ3n) is 5.26. The molecule has 174 valence electrons. The standard InChI is InChI=1S/C24H27N3O6/c1-30-18-3-5-19(6-4-18)31-11-8-23(28)26-20(15-27-10-9-25-16-27)24(29)17-2-7-21-22(14-17)33-13-12-32-21/h2-7,9-10,14,16,20,24,29H,8,11-13,15H2,1H3,(H,26,28)/t20-,24+/m0/s1. The molecule has 1 aliphatic rings. The fraction of sp³-hybridized carbons (Fsp3) is 0.333. The molecule has 0 aliphatic carbocycles. The first-order valence-electron chi connectivity index (χ1n) is 10.7. The summed E-state index contributed by atoms with van der Waals surface area (Å²) < 4.78 is 23.8. The summed E-state index contributed by atoms with van der Waals surface area (Å²) in [7, 11) is 1.60. The van der Waals surface area contributed by atoms with Crippen LogP contribution in [0, 0.1) is 0 Å². The highest BCUT2D eigenvalue weighted by Gasteiger charge is 2.25. The van der Waals surface area contributed by atoms with Gasteiger partial charge in [-0.1, -0.05) is 6.07 Å². The second-order valence-corrected chi connectivity index (χ2v) is 7.56. The maximum atomic E-state index is 12.6. The van der Waals surface area contributed by atoms with Gasteiger partial charge in [-0.05, 0) is 42.0 Å². The van der Waals surface area contributed by atoms with Gasteiger partial charge in [0.05, 0.1) is 32.5 Å². The number of carbonyl (C=O) groups excluding carboxylic acids is 1. The highest BCUT2D eigenvalue weighted by molar-refractivity contribution is 5.76. The van der Waals surface area contributed by atoms with Crippen LogP contribution in [0.1, 0.15) is 18.1 Å². The average molecular weight is 453 g/mol. The molecule has 9 heteroatoms. The van der Waals surface area contributed by atoms with Gasteiger partial charge in [-0.25, -0.2) is 4.98 Å². The monoisotopic (exact) mass is 453 g/mol. The fourth-order valence-corrected chi connectivity index (χ4v) is 3.53. The van der Waals surface area contributed by atoms with Crippen LogP contribution in [-0.2, 0) is 11.3 Å². The van der Waals surface area contributed by atoms with E-state index in [9.17, 15) is 9.90 Å². The van der Waals surface area contributed by atoms with Crippen molar-refractivity contribution in [1.29, 1.82) is 0 Å². The number of benzene rings is 2. The van der Waals surface area contributed by atoms with Crippen molar-refractivity contribution in [3.63, 3.8) is 0 Å². The minimum absolute atomic E-state index is 0.139. The molecule has 1 aliphatic heterocycles. The van der Waals surface area contributed by atoms with Crippen molar-refractivity contribution >= 4 is 5.91 Å². The number of amides is 1. The Bertz CT molecular complexity index is 1040. The number of fused-ring (bicyclic) bond motifs is 1. The van der Waals surface area contributed by atoms with Crippen molar-refractivity contribution in [3.05, 3.63) is 66.7 Å². The number of rotatable bonds is 10. The molecule has 0 bridgehead atoms. The van der Waals surface area contributed by atoms with Gasteiger partial charge < -0.3 is 33.9 Å². The number of aliphatic hydroxyl groups is 1. The number of ether oxygens (including phenoxy) is 4. The van der Waals surface area contributed by atoms with Gasteiger partial charge >= 0.3 is 0 Å². The number of carbonyl (C=O) groups is 1. The first-order valence-corrected chi connectivity index (χ1v) is 10.7. The van der Waals surface area contributed by atoms with Crippen molar-refractivity contribution in [2.24, 2.45) is 0 Å². The Morgan fingerprint density at radius 1 is 1.15 bits per heavy atom. The smallest absolute Gasteiger partial charge is 0.223 e. The van der Waals surface area contributed by atoms with Crippen LogP contribution in [0.3, 0.4) is 0 Å². The van der Waals surface area contributed by atoms with Crippen molar-refractivity contribution in [1.82, 2.24) is 14.9 Å². The van der Waals surface area contributed by atoms with Crippen molar-refractivity contribution in [2.75, 3.05) is 26.9 Å². The highest BCUT2D eigenvalue weighted by atomic mass is 16.6. The van der Waals surface area contributed by atoms with Crippen LogP contribution in [0.4, 0.5) is 0 Å². The molecule has 0 radical (unpaired) electrons. The summed E-state index contributed by atoms with van der Waals surface area (Å²) in [4.78, 5) is 16.7. The van der Waals surface area contributed by atoms with Gasteiger partial charge in [0, 0.05) is 18.9 Å². The number of aromatic nitrogens is 2. The summed E-state index contributed by atoms with van der Waals surface area (Å²) in [6.07, 6.45) is 4.25. The van der Waals surface area contributed by atoms with Gasteiger partial charge in [0.15, 0.2) is 11.5 Å². The molecule has 1 aromatic heterocycles. The van der Waals surface area contributed by atoms with E-state index in [1.807, 2.05) is 0 Å². The first kappa shape index (κ1) is 22.5. The minimum atomic E-state index is -0.963. The van der Waals surface area contributed by atoms with E-state index in [4.69, 9.17) is 18.9 Å². The quantitative estimate of drug-likeness (QED) is 0.486. The van der Waals surface area contributed by atoms with E-state index in [0.29, 0.717) is 42.6 Å². The minimum Gasteiger partial charge on any atom is -0.497 e. The van der Waals surface area contributed by atoms with Crippen LogP contribution in [0.25, 0.3) is 0 Å². The zero-order valence-corrected chi connectivity index (χ0v) is 18.3. The molecule has 1 amide bonds. The number of imidazole rings is 1. The predicted molar refractivity (Wildman–Crippen MR) is 120 cm³/mol. The fourth-order valence-electron chi connectivity index (χ4n) is 3.53. The van der Waals surface area contributed by atoms with Crippen LogP contribution in [-0.4, -0.2) is 53.5 Å². The Kier molecular flexibility index (Phi) is 7.31. The molecule has 2 heterocycles. The third-order valence-corrected chi connectivity index (χ3v) is 5.26. The molecule has 0 saturated carbocycles. The van der Waals surface area contributed by atoms with E-state index < -0.39 is 12.1 Å². The molecular weight excluding hydrogens is 426 g/mol.